The lowest BCUT2D eigenvalue weighted by Crippen LogP contribution is -2.36. The molecule has 0 radical (unpaired) electrons. The van der Waals surface area contributed by atoms with Crippen molar-refractivity contribution in [1.29, 1.82) is 0 Å². The Kier molecular flexibility index (Phi) is 7.45. The molecule has 0 bridgehead atoms. The predicted octanol–water partition coefficient (Wildman–Crippen LogP) is 7.13. The smallest absolute Gasteiger partial charge is 0.266 e. The summed E-state index contributed by atoms with van der Waals surface area (Å²) < 4.78 is 30.8. The van der Waals surface area contributed by atoms with Gasteiger partial charge in [-0.1, -0.05) is 28.1 Å². The zero-order chi connectivity index (χ0) is 31.2. The standard InChI is InChI=1S/C35H27BrF2N4O3/c36-23-5-9-28-31(15-23)41-34(42(35(28)45)26-6-3-21(4-7-26)20-1-2-20)32(13-19-11-24(37)16-25(38)12-19)40-33(44)14-22-18-39-30-10-8-27(43)17-29(22)30/h3-12,15-18,20,32,39,43H,1-2,13-14H2,(H,40,44)/t32-/m0/s1. The molecular formula is C35H27BrF2N4O3. The van der Waals surface area contributed by atoms with Crippen LogP contribution in [-0.4, -0.2) is 25.5 Å². The highest BCUT2D eigenvalue weighted by atomic mass is 79.9. The number of phenols is 1. The van der Waals surface area contributed by atoms with Crippen LogP contribution in [0.25, 0.3) is 27.5 Å². The van der Waals surface area contributed by atoms with Crippen molar-refractivity contribution in [3.8, 4) is 11.4 Å². The molecule has 1 aliphatic carbocycles. The molecule has 0 saturated heterocycles. The van der Waals surface area contributed by atoms with Gasteiger partial charge in [0.2, 0.25) is 5.91 Å². The lowest BCUT2D eigenvalue weighted by atomic mass is 10.0. The summed E-state index contributed by atoms with van der Waals surface area (Å²) in [5, 5.41) is 14.1. The van der Waals surface area contributed by atoms with Crippen LogP contribution < -0.4 is 10.9 Å². The summed E-state index contributed by atoms with van der Waals surface area (Å²) in [4.78, 5) is 35.8. The first kappa shape index (κ1) is 28.9. The SMILES string of the molecule is O=C(Cc1c[nH]c2ccc(O)cc12)N[C@@H](Cc1cc(F)cc(F)c1)c1nc2cc(Br)ccc2c(=O)n1-c1ccc(C2CC2)cc1. The Morgan fingerprint density at radius 3 is 2.49 bits per heavy atom. The number of fused-ring (bicyclic) bond motifs is 2. The molecule has 0 spiro atoms. The van der Waals surface area contributed by atoms with Crippen LogP contribution in [0.4, 0.5) is 8.78 Å². The van der Waals surface area contributed by atoms with Crippen LogP contribution >= 0.6 is 15.9 Å². The summed E-state index contributed by atoms with van der Waals surface area (Å²) in [6, 6.07) is 20.0. The van der Waals surface area contributed by atoms with Gasteiger partial charge in [-0.3, -0.25) is 14.2 Å². The minimum absolute atomic E-state index is 0.0405. The fraction of sp³-hybridized carbons (Fsp3) is 0.171. The van der Waals surface area contributed by atoms with Gasteiger partial charge in [-0.05, 0) is 96.1 Å². The zero-order valence-corrected chi connectivity index (χ0v) is 25.4. The van der Waals surface area contributed by atoms with Crippen molar-refractivity contribution in [2.24, 2.45) is 0 Å². The first-order valence-electron chi connectivity index (χ1n) is 14.6. The molecular weight excluding hydrogens is 642 g/mol. The number of H-pyrrole nitrogens is 1. The van der Waals surface area contributed by atoms with E-state index in [1.165, 1.54) is 22.3 Å². The third-order valence-electron chi connectivity index (χ3n) is 8.17. The number of aromatic nitrogens is 3. The van der Waals surface area contributed by atoms with Crippen molar-refractivity contribution in [3.63, 3.8) is 0 Å². The molecule has 2 heterocycles. The monoisotopic (exact) mass is 668 g/mol. The van der Waals surface area contributed by atoms with E-state index in [-0.39, 0.29) is 35.5 Å². The van der Waals surface area contributed by atoms with Gasteiger partial charge in [0.05, 0.1) is 29.1 Å². The van der Waals surface area contributed by atoms with E-state index in [4.69, 9.17) is 4.98 Å². The summed E-state index contributed by atoms with van der Waals surface area (Å²) >= 11 is 3.45. The van der Waals surface area contributed by atoms with E-state index in [1.54, 1.807) is 42.6 Å². The number of amides is 1. The van der Waals surface area contributed by atoms with Gasteiger partial charge in [-0.25, -0.2) is 13.8 Å². The zero-order valence-electron chi connectivity index (χ0n) is 23.9. The highest BCUT2D eigenvalue weighted by Gasteiger charge is 2.26. The summed E-state index contributed by atoms with van der Waals surface area (Å²) in [6.45, 7) is 0. The fourth-order valence-electron chi connectivity index (χ4n) is 5.87. The highest BCUT2D eigenvalue weighted by molar-refractivity contribution is 9.10. The minimum Gasteiger partial charge on any atom is -0.508 e. The van der Waals surface area contributed by atoms with Crippen molar-refractivity contribution in [2.75, 3.05) is 0 Å². The van der Waals surface area contributed by atoms with Gasteiger partial charge < -0.3 is 15.4 Å². The largest absolute Gasteiger partial charge is 0.508 e. The number of nitrogens with zero attached hydrogens (tertiary/aromatic N) is 2. The van der Waals surface area contributed by atoms with Gasteiger partial charge in [0.25, 0.3) is 5.56 Å². The predicted molar refractivity (Wildman–Crippen MR) is 172 cm³/mol. The Hall–Kier alpha value is -4.83. The Balaban J connectivity index is 1.35. The second-order valence-corrected chi connectivity index (χ2v) is 12.4. The first-order chi connectivity index (χ1) is 21.7. The second-order valence-electron chi connectivity index (χ2n) is 11.5. The first-order valence-corrected chi connectivity index (χ1v) is 15.4. The van der Waals surface area contributed by atoms with E-state index in [0.717, 1.165) is 28.9 Å². The lowest BCUT2D eigenvalue weighted by molar-refractivity contribution is -0.121. The molecule has 4 aromatic carbocycles. The van der Waals surface area contributed by atoms with Crippen LogP contribution in [0, 0.1) is 11.6 Å². The number of halogens is 3. The Bertz CT molecular complexity index is 2140. The van der Waals surface area contributed by atoms with E-state index in [1.807, 2.05) is 24.3 Å². The number of nitrogens with one attached hydrogen (secondary N) is 2. The molecule has 6 aromatic rings. The van der Waals surface area contributed by atoms with Gasteiger partial charge in [0.1, 0.15) is 23.2 Å². The van der Waals surface area contributed by atoms with Crippen molar-refractivity contribution in [2.45, 2.75) is 37.6 Å². The van der Waals surface area contributed by atoms with Gasteiger partial charge in [0.15, 0.2) is 0 Å². The van der Waals surface area contributed by atoms with Crippen molar-refractivity contribution < 1.29 is 18.7 Å². The van der Waals surface area contributed by atoms with Crippen LogP contribution in [-0.2, 0) is 17.6 Å². The highest BCUT2D eigenvalue weighted by Crippen LogP contribution is 2.40. The normalized spacial score (nSPS) is 13.8. The number of aromatic amines is 1. The molecule has 1 fully saturated rings. The van der Waals surface area contributed by atoms with Crippen LogP contribution in [0.3, 0.4) is 0 Å². The Morgan fingerprint density at radius 1 is 1.00 bits per heavy atom. The Morgan fingerprint density at radius 2 is 1.76 bits per heavy atom. The molecule has 3 N–H and O–H groups in total. The number of benzene rings is 4. The number of aromatic hydroxyl groups is 1. The maximum absolute atomic E-state index is 14.3. The number of carbonyl (C=O) groups is 1. The van der Waals surface area contributed by atoms with Crippen LogP contribution in [0.5, 0.6) is 5.75 Å². The van der Waals surface area contributed by atoms with Gasteiger partial charge in [0, 0.05) is 34.1 Å². The average molecular weight is 670 g/mol. The molecule has 45 heavy (non-hydrogen) atoms. The number of hydrogen-bond donors (Lipinski definition) is 3. The second kappa shape index (κ2) is 11.6. The quantitative estimate of drug-likeness (QED) is 0.161. The molecule has 1 amide bonds. The molecule has 0 unspecified atom stereocenters. The summed E-state index contributed by atoms with van der Waals surface area (Å²) in [5.41, 5.74) is 3.52. The summed E-state index contributed by atoms with van der Waals surface area (Å²) in [7, 11) is 0. The molecule has 1 atom stereocenters. The summed E-state index contributed by atoms with van der Waals surface area (Å²) in [6.07, 6.45) is 3.86. The van der Waals surface area contributed by atoms with E-state index < -0.39 is 23.6 Å². The van der Waals surface area contributed by atoms with Crippen molar-refractivity contribution >= 4 is 43.6 Å². The molecule has 7 rings (SSSR count). The van der Waals surface area contributed by atoms with Crippen molar-refractivity contribution in [1.82, 2.24) is 19.9 Å². The molecule has 0 aliphatic heterocycles. The number of carbonyl (C=O) groups excluding carboxylic acids is 1. The van der Waals surface area contributed by atoms with E-state index in [0.29, 0.717) is 33.5 Å². The topological polar surface area (TPSA) is 100 Å². The van der Waals surface area contributed by atoms with E-state index in [9.17, 15) is 23.5 Å². The van der Waals surface area contributed by atoms with Crippen molar-refractivity contribution in [3.05, 3.63) is 134 Å². The van der Waals surface area contributed by atoms with Crippen LogP contribution in [0.1, 0.15) is 47.3 Å². The van der Waals surface area contributed by atoms with E-state index in [2.05, 4.69) is 26.2 Å². The number of hydrogen-bond acceptors (Lipinski definition) is 4. The number of phenolic OH excluding ortho intramolecular Hbond substituents is 1. The molecule has 2 aromatic heterocycles. The van der Waals surface area contributed by atoms with Gasteiger partial charge >= 0.3 is 0 Å². The molecule has 1 aliphatic rings. The summed E-state index contributed by atoms with van der Waals surface area (Å²) in [5.74, 6) is -1.10. The molecule has 7 nitrogen and oxygen atoms in total. The van der Waals surface area contributed by atoms with Crippen LogP contribution in [0.2, 0.25) is 0 Å². The average Bonchev–Trinajstić information content (AvgIpc) is 3.78. The minimum atomic E-state index is -0.948. The molecule has 226 valence electrons. The van der Waals surface area contributed by atoms with Crippen LogP contribution in [0.15, 0.2) is 94.3 Å². The number of rotatable bonds is 8. The maximum atomic E-state index is 14.3. The van der Waals surface area contributed by atoms with Gasteiger partial charge in [-0.2, -0.15) is 0 Å². The fourth-order valence-corrected chi connectivity index (χ4v) is 6.22. The third kappa shape index (κ3) is 5.98. The van der Waals surface area contributed by atoms with E-state index >= 15 is 0 Å². The Labute approximate surface area is 264 Å². The maximum Gasteiger partial charge on any atom is 0.266 e. The third-order valence-corrected chi connectivity index (χ3v) is 8.66. The van der Waals surface area contributed by atoms with Gasteiger partial charge in [-0.15, -0.1) is 0 Å². The molecule has 1 saturated carbocycles. The molecule has 10 heteroatoms. The lowest BCUT2D eigenvalue weighted by Gasteiger charge is -2.23.